The first-order valence-electron chi connectivity index (χ1n) is 14.0. The Morgan fingerprint density at radius 2 is 1.00 bits per heavy atom. The third-order valence-corrected chi connectivity index (χ3v) is 8.93. The highest BCUT2D eigenvalue weighted by Crippen LogP contribution is 2.42. The summed E-state index contributed by atoms with van der Waals surface area (Å²) in [7, 11) is -1.83. The molecule has 0 saturated heterocycles. The standard InChI is InChI=1S/C35H48O4S/c1-32(2,3)23-13-14-27(36)28(19-23)40(39)29-20-25(34(7,8)9)17-22(31(29)38)15-21-16-24(33(4,5)6)18-26(30(21)37)35(10,11)12/h13-14,16-20,36-38H,15H2,1-12H3. The topological polar surface area (TPSA) is 77.8 Å². The molecule has 1 atom stereocenters. The summed E-state index contributed by atoms with van der Waals surface area (Å²) in [5, 5.41) is 33.7. The van der Waals surface area contributed by atoms with Gasteiger partial charge in [0.15, 0.2) is 0 Å². The van der Waals surface area contributed by atoms with Crippen molar-refractivity contribution in [3.05, 3.63) is 75.8 Å². The largest absolute Gasteiger partial charge is 0.507 e. The minimum absolute atomic E-state index is 0.0706. The van der Waals surface area contributed by atoms with Crippen LogP contribution in [0.2, 0.25) is 0 Å². The first-order chi connectivity index (χ1) is 18.0. The zero-order valence-corrected chi connectivity index (χ0v) is 27.2. The molecule has 0 aromatic heterocycles. The van der Waals surface area contributed by atoms with Crippen LogP contribution >= 0.6 is 0 Å². The number of phenolic OH excluding ortho intramolecular Hbond substituents is 3. The quantitative estimate of drug-likeness (QED) is 0.296. The summed E-state index contributed by atoms with van der Waals surface area (Å²) in [4.78, 5) is 0.527. The van der Waals surface area contributed by atoms with E-state index in [0.29, 0.717) is 11.1 Å². The van der Waals surface area contributed by atoms with E-state index < -0.39 is 10.8 Å². The van der Waals surface area contributed by atoms with Gasteiger partial charge < -0.3 is 15.3 Å². The summed E-state index contributed by atoms with van der Waals surface area (Å²) in [5.41, 5.74) is 4.21. The van der Waals surface area contributed by atoms with Crippen LogP contribution in [0, 0.1) is 0 Å². The minimum Gasteiger partial charge on any atom is -0.507 e. The number of aromatic hydroxyl groups is 3. The fraction of sp³-hybridized carbons (Fsp3) is 0.486. The first kappa shape index (κ1) is 31.7. The molecule has 3 N–H and O–H groups in total. The molecule has 0 heterocycles. The average molecular weight is 565 g/mol. The lowest BCUT2D eigenvalue weighted by Gasteiger charge is -2.28. The summed E-state index contributed by atoms with van der Waals surface area (Å²) < 4.78 is 14.0. The van der Waals surface area contributed by atoms with Gasteiger partial charge in [0, 0.05) is 6.42 Å². The second kappa shape index (κ2) is 10.6. The molecule has 3 rings (SSSR count). The van der Waals surface area contributed by atoms with Crippen molar-refractivity contribution in [2.45, 2.75) is 121 Å². The van der Waals surface area contributed by atoms with Gasteiger partial charge in [-0.3, -0.25) is 0 Å². The second-order valence-corrected chi connectivity index (χ2v) is 16.6. The van der Waals surface area contributed by atoms with Gasteiger partial charge in [-0.25, -0.2) is 4.21 Å². The zero-order chi connectivity index (χ0) is 30.6. The minimum atomic E-state index is -1.83. The molecule has 5 heteroatoms. The molecule has 218 valence electrons. The predicted molar refractivity (Wildman–Crippen MR) is 167 cm³/mol. The number of rotatable bonds is 4. The third-order valence-electron chi connectivity index (χ3n) is 7.49. The van der Waals surface area contributed by atoms with Crippen LogP contribution in [0.1, 0.15) is 116 Å². The molecule has 3 aromatic rings. The number of hydrogen-bond donors (Lipinski definition) is 3. The van der Waals surface area contributed by atoms with Gasteiger partial charge in [0.2, 0.25) is 0 Å². The molecule has 1 unspecified atom stereocenters. The van der Waals surface area contributed by atoms with E-state index in [9.17, 15) is 19.5 Å². The van der Waals surface area contributed by atoms with Crippen LogP contribution < -0.4 is 0 Å². The lowest BCUT2D eigenvalue weighted by molar-refractivity contribution is 0.436. The van der Waals surface area contributed by atoms with Crippen molar-refractivity contribution in [2.75, 3.05) is 0 Å². The Kier molecular flexibility index (Phi) is 8.38. The van der Waals surface area contributed by atoms with E-state index in [1.807, 2.05) is 18.2 Å². The zero-order valence-electron chi connectivity index (χ0n) is 26.4. The van der Waals surface area contributed by atoms with Crippen molar-refractivity contribution < 1.29 is 19.5 Å². The van der Waals surface area contributed by atoms with E-state index in [0.717, 1.165) is 22.3 Å². The van der Waals surface area contributed by atoms with Gasteiger partial charge in [0.25, 0.3) is 0 Å². The molecule has 0 radical (unpaired) electrons. The first-order valence-corrected chi connectivity index (χ1v) is 15.2. The maximum absolute atomic E-state index is 14.0. The molecule has 4 nitrogen and oxygen atoms in total. The van der Waals surface area contributed by atoms with Crippen molar-refractivity contribution in [1.29, 1.82) is 0 Å². The Morgan fingerprint density at radius 3 is 1.48 bits per heavy atom. The number of phenols is 3. The maximum atomic E-state index is 14.0. The monoisotopic (exact) mass is 564 g/mol. The van der Waals surface area contributed by atoms with Crippen LogP contribution in [0.5, 0.6) is 17.2 Å². The Labute approximate surface area is 244 Å². The Balaban J connectivity index is 2.27. The van der Waals surface area contributed by atoms with Gasteiger partial charge in [-0.2, -0.15) is 0 Å². The van der Waals surface area contributed by atoms with Crippen molar-refractivity contribution in [3.8, 4) is 17.2 Å². The van der Waals surface area contributed by atoms with E-state index in [-0.39, 0.29) is 55.1 Å². The molecule has 0 aliphatic rings. The van der Waals surface area contributed by atoms with E-state index >= 15 is 0 Å². The van der Waals surface area contributed by atoms with Crippen LogP contribution in [0.15, 0.2) is 52.3 Å². The SMILES string of the molecule is CC(C)(C)c1ccc(O)c(S(=O)c2cc(C(C)(C)C)cc(Cc3cc(C(C)(C)C)cc(C(C)(C)C)c3O)c2O)c1. The van der Waals surface area contributed by atoms with E-state index in [1.165, 1.54) is 0 Å². The van der Waals surface area contributed by atoms with Gasteiger partial charge in [-0.1, -0.05) is 107 Å². The summed E-state index contributed by atoms with van der Waals surface area (Å²) in [6.45, 7) is 25.1. The summed E-state index contributed by atoms with van der Waals surface area (Å²) in [6, 6.07) is 13.0. The molecule has 40 heavy (non-hydrogen) atoms. The average Bonchev–Trinajstić information content (AvgIpc) is 2.78. The fourth-order valence-corrected chi connectivity index (χ4v) is 5.93. The molecule has 0 fully saturated rings. The van der Waals surface area contributed by atoms with Crippen LogP contribution in [0.25, 0.3) is 0 Å². The van der Waals surface area contributed by atoms with Crippen LogP contribution in [0.3, 0.4) is 0 Å². The molecule has 0 amide bonds. The van der Waals surface area contributed by atoms with Crippen molar-refractivity contribution >= 4 is 10.8 Å². The molecule has 0 aliphatic carbocycles. The Bertz CT molecular complexity index is 1440. The molecule has 3 aromatic carbocycles. The Hall–Kier alpha value is -2.79. The molecular weight excluding hydrogens is 516 g/mol. The lowest BCUT2D eigenvalue weighted by Crippen LogP contribution is -2.18. The number of hydrogen-bond acceptors (Lipinski definition) is 4. The summed E-state index contributed by atoms with van der Waals surface area (Å²) in [6.07, 6.45) is 0.271. The van der Waals surface area contributed by atoms with Crippen molar-refractivity contribution in [2.24, 2.45) is 0 Å². The van der Waals surface area contributed by atoms with Crippen LogP contribution in [0.4, 0.5) is 0 Å². The fourth-order valence-electron chi connectivity index (χ4n) is 4.66. The molecule has 0 saturated carbocycles. The van der Waals surface area contributed by atoms with Gasteiger partial charge in [-0.05, 0) is 73.2 Å². The summed E-state index contributed by atoms with van der Waals surface area (Å²) in [5.74, 6) is 0.0720. The smallest absolute Gasteiger partial charge is 0.135 e. The van der Waals surface area contributed by atoms with Gasteiger partial charge in [-0.15, -0.1) is 0 Å². The summed E-state index contributed by atoms with van der Waals surface area (Å²) >= 11 is 0. The van der Waals surface area contributed by atoms with Crippen LogP contribution in [-0.4, -0.2) is 19.5 Å². The van der Waals surface area contributed by atoms with Crippen molar-refractivity contribution in [1.82, 2.24) is 0 Å². The van der Waals surface area contributed by atoms with E-state index in [4.69, 9.17) is 0 Å². The van der Waals surface area contributed by atoms with Crippen molar-refractivity contribution in [3.63, 3.8) is 0 Å². The maximum Gasteiger partial charge on any atom is 0.135 e. The van der Waals surface area contributed by atoms with Gasteiger partial charge >= 0.3 is 0 Å². The molecular formula is C35H48O4S. The van der Waals surface area contributed by atoms with Gasteiger partial charge in [0.1, 0.15) is 17.2 Å². The highest BCUT2D eigenvalue weighted by atomic mass is 32.2. The Morgan fingerprint density at radius 1 is 0.550 bits per heavy atom. The van der Waals surface area contributed by atoms with E-state index in [2.05, 4.69) is 89.2 Å². The molecule has 0 spiro atoms. The van der Waals surface area contributed by atoms with Gasteiger partial charge in [0.05, 0.1) is 20.6 Å². The molecule has 0 aliphatic heterocycles. The normalized spacial score (nSPS) is 13.9. The molecule has 0 bridgehead atoms. The third kappa shape index (κ3) is 6.74. The highest BCUT2D eigenvalue weighted by Gasteiger charge is 2.28. The second-order valence-electron chi connectivity index (χ2n) is 15.1. The lowest BCUT2D eigenvalue weighted by atomic mass is 9.78. The number of benzene rings is 3. The van der Waals surface area contributed by atoms with E-state index in [1.54, 1.807) is 18.2 Å². The van der Waals surface area contributed by atoms with Crippen LogP contribution in [-0.2, 0) is 38.9 Å². The predicted octanol–water partition coefficient (Wildman–Crippen LogP) is 8.75. The highest BCUT2D eigenvalue weighted by molar-refractivity contribution is 7.85.